The molecule has 4 heteroatoms. The van der Waals surface area contributed by atoms with Gasteiger partial charge in [0.2, 0.25) is 0 Å². The Morgan fingerprint density at radius 3 is 2.27 bits per heavy atom. The lowest BCUT2D eigenvalue weighted by Gasteiger charge is -2.35. The number of hydrogen-bond acceptors (Lipinski definition) is 2. The van der Waals surface area contributed by atoms with Gasteiger partial charge < -0.3 is 10.1 Å². The van der Waals surface area contributed by atoms with Gasteiger partial charge >= 0.3 is 0 Å². The predicted molar refractivity (Wildman–Crippen MR) is 95.5 cm³/mol. The van der Waals surface area contributed by atoms with E-state index in [9.17, 15) is 0 Å². The van der Waals surface area contributed by atoms with Gasteiger partial charge in [-0.15, -0.1) is 0 Å². The predicted octanol–water partition coefficient (Wildman–Crippen LogP) is 5.66. The van der Waals surface area contributed by atoms with Gasteiger partial charge in [0.15, 0.2) is 0 Å². The lowest BCUT2D eigenvalue weighted by Crippen LogP contribution is -2.37. The average Bonchev–Trinajstić information content (AvgIpc) is 2.45. The van der Waals surface area contributed by atoms with Crippen molar-refractivity contribution in [2.45, 2.75) is 58.4 Å². The summed E-state index contributed by atoms with van der Waals surface area (Å²) < 4.78 is 5.20. The molecule has 0 spiro atoms. The molecule has 1 aliphatic rings. The molecule has 2 rings (SSSR count). The van der Waals surface area contributed by atoms with Crippen LogP contribution in [-0.2, 0) is 0 Å². The second-order valence-corrected chi connectivity index (χ2v) is 8.07. The van der Waals surface area contributed by atoms with Crippen molar-refractivity contribution in [3.05, 3.63) is 27.7 Å². The molecule has 1 fully saturated rings. The van der Waals surface area contributed by atoms with Crippen molar-refractivity contribution >= 4 is 23.2 Å². The minimum atomic E-state index is 0.279. The summed E-state index contributed by atoms with van der Waals surface area (Å²) in [5.74, 6) is 0.981. The number of rotatable bonds is 5. The van der Waals surface area contributed by atoms with Gasteiger partial charge in [-0.25, -0.2) is 0 Å². The van der Waals surface area contributed by atoms with E-state index in [0.29, 0.717) is 27.3 Å². The topological polar surface area (TPSA) is 21.3 Å². The van der Waals surface area contributed by atoms with Gasteiger partial charge in [-0.1, -0.05) is 44.0 Å². The first-order valence-corrected chi connectivity index (χ1v) is 8.84. The number of ether oxygens (including phenoxy) is 1. The molecular formula is C18H27Cl2NO. The maximum Gasteiger partial charge on any atom is 0.121 e. The quantitative estimate of drug-likeness (QED) is 0.744. The summed E-state index contributed by atoms with van der Waals surface area (Å²) in [5, 5.41) is 5.06. The van der Waals surface area contributed by atoms with Crippen LogP contribution < -0.4 is 10.1 Å². The second-order valence-electron chi connectivity index (χ2n) is 7.25. The molecule has 1 unspecified atom stereocenters. The van der Waals surface area contributed by atoms with Gasteiger partial charge in [0, 0.05) is 22.6 Å². The first-order chi connectivity index (χ1) is 10.3. The van der Waals surface area contributed by atoms with E-state index >= 15 is 0 Å². The van der Waals surface area contributed by atoms with Crippen molar-refractivity contribution in [2.24, 2.45) is 5.41 Å². The SMILES string of the molecule is COc1cc(Cl)c(C(C)CNC2CCC(C)(C)CC2)c(Cl)c1. The fraction of sp³-hybridized carbons (Fsp3) is 0.667. The van der Waals surface area contributed by atoms with Crippen LogP contribution in [0.4, 0.5) is 0 Å². The van der Waals surface area contributed by atoms with Crippen LogP contribution >= 0.6 is 23.2 Å². The minimum absolute atomic E-state index is 0.279. The van der Waals surface area contributed by atoms with E-state index in [1.54, 1.807) is 7.11 Å². The Morgan fingerprint density at radius 2 is 1.77 bits per heavy atom. The smallest absolute Gasteiger partial charge is 0.121 e. The molecule has 0 bridgehead atoms. The van der Waals surface area contributed by atoms with Crippen LogP contribution in [0.3, 0.4) is 0 Å². The maximum atomic E-state index is 6.37. The average molecular weight is 344 g/mol. The fourth-order valence-corrected chi connectivity index (χ4v) is 4.04. The highest BCUT2D eigenvalue weighted by molar-refractivity contribution is 6.36. The van der Waals surface area contributed by atoms with Crippen LogP contribution in [0.5, 0.6) is 5.75 Å². The monoisotopic (exact) mass is 343 g/mol. The zero-order chi connectivity index (χ0) is 16.3. The van der Waals surface area contributed by atoms with Crippen LogP contribution in [0.2, 0.25) is 10.0 Å². The Morgan fingerprint density at radius 1 is 1.23 bits per heavy atom. The number of benzene rings is 1. The molecule has 1 saturated carbocycles. The first kappa shape index (κ1) is 17.9. The normalized spacial score (nSPS) is 19.9. The first-order valence-electron chi connectivity index (χ1n) is 8.09. The molecule has 0 saturated heterocycles. The van der Waals surface area contributed by atoms with Gasteiger partial charge in [0.05, 0.1) is 7.11 Å². The second kappa shape index (κ2) is 7.42. The third-order valence-corrected chi connectivity index (χ3v) is 5.46. The molecule has 0 radical (unpaired) electrons. The van der Waals surface area contributed by atoms with Crippen LogP contribution in [0, 0.1) is 5.41 Å². The number of methoxy groups -OCH3 is 1. The van der Waals surface area contributed by atoms with Gasteiger partial charge in [-0.3, -0.25) is 0 Å². The standard InChI is InChI=1S/C18H27Cl2NO/c1-12(11-21-13-5-7-18(2,3)8-6-13)17-15(19)9-14(22-4)10-16(17)20/h9-10,12-13,21H,5-8,11H2,1-4H3. The van der Waals surface area contributed by atoms with E-state index in [-0.39, 0.29) is 5.92 Å². The molecule has 0 heterocycles. The molecule has 1 aromatic carbocycles. The Hall–Kier alpha value is -0.440. The van der Waals surface area contributed by atoms with E-state index < -0.39 is 0 Å². The highest BCUT2D eigenvalue weighted by Crippen LogP contribution is 2.37. The Labute approximate surface area is 144 Å². The molecule has 0 amide bonds. The fourth-order valence-electron chi connectivity index (χ4n) is 3.20. The zero-order valence-corrected chi connectivity index (χ0v) is 15.5. The van der Waals surface area contributed by atoms with E-state index in [1.165, 1.54) is 25.7 Å². The van der Waals surface area contributed by atoms with E-state index in [1.807, 2.05) is 12.1 Å². The molecular weight excluding hydrogens is 317 g/mol. The third kappa shape index (κ3) is 4.53. The van der Waals surface area contributed by atoms with Crippen molar-refractivity contribution in [1.29, 1.82) is 0 Å². The largest absolute Gasteiger partial charge is 0.497 e. The molecule has 22 heavy (non-hydrogen) atoms. The Balaban J connectivity index is 1.94. The number of nitrogens with one attached hydrogen (secondary N) is 1. The van der Waals surface area contributed by atoms with E-state index in [4.69, 9.17) is 27.9 Å². The highest BCUT2D eigenvalue weighted by atomic mass is 35.5. The van der Waals surface area contributed by atoms with Crippen molar-refractivity contribution < 1.29 is 4.74 Å². The van der Waals surface area contributed by atoms with Crippen molar-refractivity contribution in [2.75, 3.05) is 13.7 Å². The van der Waals surface area contributed by atoms with Gasteiger partial charge in [0.25, 0.3) is 0 Å². The zero-order valence-electron chi connectivity index (χ0n) is 14.0. The summed E-state index contributed by atoms with van der Waals surface area (Å²) in [4.78, 5) is 0. The summed E-state index contributed by atoms with van der Waals surface area (Å²) in [5.41, 5.74) is 1.51. The molecule has 1 N–H and O–H groups in total. The van der Waals surface area contributed by atoms with Gasteiger partial charge in [0.1, 0.15) is 5.75 Å². The third-order valence-electron chi connectivity index (χ3n) is 4.83. The molecule has 2 nitrogen and oxygen atoms in total. The van der Waals surface area contributed by atoms with Gasteiger partial charge in [-0.05, 0) is 54.7 Å². The van der Waals surface area contributed by atoms with Crippen molar-refractivity contribution in [3.63, 3.8) is 0 Å². The molecule has 0 aromatic heterocycles. The summed E-state index contributed by atoms with van der Waals surface area (Å²) in [6.07, 6.45) is 5.10. The van der Waals surface area contributed by atoms with Crippen molar-refractivity contribution in [3.8, 4) is 5.75 Å². The van der Waals surface area contributed by atoms with Gasteiger partial charge in [-0.2, -0.15) is 0 Å². The van der Waals surface area contributed by atoms with E-state index in [0.717, 1.165) is 12.1 Å². The maximum absolute atomic E-state index is 6.37. The molecule has 1 aliphatic carbocycles. The molecule has 0 aliphatic heterocycles. The highest BCUT2D eigenvalue weighted by Gasteiger charge is 2.27. The lowest BCUT2D eigenvalue weighted by molar-refractivity contribution is 0.206. The molecule has 124 valence electrons. The summed E-state index contributed by atoms with van der Waals surface area (Å²) in [6, 6.07) is 4.29. The van der Waals surface area contributed by atoms with E-state index in [2.05, 4.69) is 26.1 Å². The minimum Gasteiger partial charge on any atom is -0.497 e. The van der Waals surface area contributed by atoms with Crippen molar-refractivity contribution in [1.82, 2.24) is 5.32 Å². The summed E-state index contributed by atoms with van der Waals surface area (Å²) in [7, 11) is 1.62. The lowest BCUT2D eigenvalue weighted by atomic mass is 9.75. The van der Waals surface area contributed by atoms with Crippen LogP contribution in [0.1, 0.15) is 57.9 Å². The Bertz CT molecular complexity index is 483. The number of hydrogen-bond donors (Lipinski definition) is 1. The van der Waals surface area contributed by atoms with Crippen LogP contribution in [-0.4, -0.2) is 19.7 Å². The Kier molecular flexibility index (Phi) is 6.04. The molecule has 1 aromatic rings. The molecule has 1 atom stereocenters. The number of halogens is 2. The summed E-state index contributed by atoms with van der Waals surface area (Å²) >= 11 is 12.7. The van der Waals surface area contributed by atoms with Crippen LogP contribution in [0.25, 0.3) is 0 Å². The van der Waals surface area contributed by atoms with Crippen LogP contribution in [0.15, 0.2) is 12.1 Å². The summed E-state index contributed by atoms with van der Waals surface area (Å²) in [6.45, 7) is 7.79.